The van der Waals surface area contributed by atoms with Gasteiger partial charge in [0.15, 0.2) is 5.89 Å². The first-order valence-electron chi connectivity index (χ1n) is 8.79. The maximum Gasteiger partial charge on any atom is 0.291 e. The molecule has 0 aliphatic carbocycles. The van der Waals surface area contributed by atoms with Crippen molar-refractivity contribution in [2.75, 3.05) is 13.1 Å². The molecule has 1 amide bonds. The SMILES string of the molecule is CCc1nc(C)c(C(=O)N2CCC[C@@H](c3nccn3C(C)C)C2)o1. The van der Waals surface area contributed by atoms with Gasteiger partial charge in [-0.05, 0) is 33.6 Å². The standard InChI is InChI=1S/C18H26N4O2/c1-5-15-20-13(4)16(24-15)18(23)21-9-6-7-14(11-21)17-19-8-10-22(17)12(2)3/h8,10,12,14H,5-7,9,11H2,1-4H3/t14-/m1/s1. The van der Waals surface area contributed by atoms with Gasteiger partial charge in [0.2, 0.25) is 5.76 Å². The van der Waals surface area contributed by atoms with Crippen molar-refractivity contribution >= 4 is 5.91 Å². The van der Waals surface area contributed by atoms with Gasteiger partial charge in [0.1, 0.15) is 5.82 Å². The number of oxazole rings is 1. The molecule has 0 aromatic carbocycles. The lowest BCUT2D eigenvalue weighted by Gasteiger charge is -2.32. The number of likely N-dealkylation sites (tertiary alicyclic amines) is 1. The zero-order chi connectivity index (χ0) is 17.3. The third kappa shape index (κ3) is 3.09. The predicted octanol–water partition coefficient (Wildman–Crippen LogP) is 3.34. The molecule has 0 saturated carbocycles. The van der Waals surface area contributed by atoms with Crippen LogP contribution >= 0.6 is 0 Å². The fraction of sp³-hybridized carbons (Fsp3) is 0.611. The summed E-state index contributed by atoms with van der Waals surface area (Å²) in [4.78, 5) is 23.6. The van der Waals surface area contributed by atoms with E-state index in [9.17, 15) is 4.79 Å². The monoisotopic (exact) mass is 330 g/mol. The van der Waals surface area contributed by atoms with Crippen molar-refractivity contribution < 1.29 is 9.21 Å². The molecular formula is C18H26N4O2. The minimum absolute atomic E-state index is 0.0490. The Kier molecular flexibility index (Phi) is 4.73. The molecule has 0 unspecified atom stereocenters. The average Bonchev–Trinajstić information content (AvgIpc) is 3.21. The number of hydrogen-bond donors (Lipinski definition) is 0. The Morgan fingerprint density at radius 2 is 2.25 bits per heavy atom. The average molecular weight is 330 g/mol. The third-order valence-corrected chi connectivity index (χ3v) is 4.67. The van der Waals surface area contributed by atoms with Crippen LogP contribution in [0.15, 0.2) is 16.8 Å². The molecule has 6 nitrogen and oxygen atoms in total. The number of carbonyl (C=O) groups is 1. The van der Waals surface area contributed by atoms with E-state index in [2.05, 4.69) is 28.4 Å². The molecule has 130 valence electrons. The highest BCUT2D eigenvalue weighted by Crippen LogP contribution is 2.28. The second-order valence-corrected chi connectivity index (χ2v) is 6.75. The number of carbonyl (C=O) groups excluding carboxylic acids is 1. The molecule has 0 bridgehead atoms. The minimum atomic E-state index is -0.0490. The van der Waals surface area contributed by atoms with Gasteiger partial charge in [-0.15, -0.1) is 0 Å². The van der Waals surface area contributed by atoms with E-state index >= 15 is 0 Å². The van der Waals surface area contributed by atoms with Crippen LogP contribution in [0, 0.1) is 6.92 Å². The number of piperidine rings is 1. The summed E-state index contributed by atoms with van der Waals surface area (Å²) in [5, 5.41) is 0. The first-order valence-corrected chi connectivity index (χ1v) is 8.79. The fourth-order valence-electron chi connectivity index (χ4n) is 3.40. The quantitative estimate of drug-likeness (QED) is 0.862. The Balaban J connectivity index is 1.79. The highest BCUT2D eigenvalue weighted by atomic mass is 16.4. The molecule has 3 heterocycles. The van der Waals surface area contributed by atoms with Crippen LogP contribution in [0.5, 0.6) is 0 Å². The molecule has 1 aliphatic heterocycles. The normalized spacial score (nSPS) is 18.4. The molecule has 1 saturated heterocycles. The topological polar surface area (TPSA) is 64.2 Å². The zero-order valence-corrected chi connectivity index (χ0v) is 15.0. The lowest BCUT2D eigenvalue weighted by molar-refractivity contribution is 0.0668. The highest BCUT2D eigenvalue weighted by Gasteiger charge is 2.30. The number of imidazole rings is 1. The van der Waals surface area contributed by atoms with E-state index in [1.165, 1.54) is 0 Å². The van der Waals surface area contributed by atoms with Crippen LogP contribution in [-0.2, 0) is 6.42 Å². The van der Waals surface area contributed by atoms with E-state index in [1.807, 2.05) is 31.1 Å². The number of aromatic nitrogens is 3. The minimum Gasteiger partial charge on any atom is -0.435 e. The van der Waals surface area contributed by atoms with Gasteiger partial charge >= 0.3 is 0 Å². The molecule has 2 aromatic heterocycles. The number of amides is 1. The van der Waals surface area contributed by atoms with Crippen LogP contribution in [0.25, 0.3) is 0 Å². The summed E-state index contributed by atoms with van der Waals surface area (Å²) in [6.07, 6.45) is 6.61. The van der Waals surface area contributed by atoms with Crippen molar-refractivity contribution in [1.82, 2.24) is 19.4 Å². The number of hydrogen-bond acceptors (Lipinski definition) is 4. The summed E-state index contributed by atoms with van der Waals surface area (Å²) in [6, 6.07) is 0.372. The largest absolute Gasteiger partial charge is 0.435 e. The molecule has 3 rings (SSSR count). The first kappa shape index (κ1) is 16.7. The number of rotatable bonds is 4. The van der Waals surface area contributed by atoms with Gasteiger partial charge in [-0.25, -0.2) is 9.97 Å². The van der Waals surface area contributed by atoms with E-state index in [-0.39, 0.29) is 11.8 Å². The van der Waals surface area contributed by atoms with Crippen molar-refractivity contribution in [2.24, 2.45) is 0 Å². The predicted molar refractivity (Wildman–Crippen MR) is 91.1 cm³/mol. The summed E-state index contributed by atoms with van der Waals surface area (Å²) >= 11 is 0. The summed E-state index contributed by atoms with van der Waals surface area (Å²) < 4.78 is 7.85. The van der Waals surface area contributed by atoms with Crippen molar-refractivity contribution in [1.29, 1.82) is 0 Å². The lowest BCUT2D eigenvalue weighted by Crippen LogP contribution is -2.40. The molecule has 2 aromatic rings. The van der Waals surface area contributed by atoms with Gasteiger partial charge in [0, 0.05) is 43.9 Å². The molecule has 0 spiro atoms. The van der Waals surface area contributed by atoms with Crippen LogP contribution < -0.4 is 0 Å². The van der Waals surface area contributed by atoms with Crippen molar-refractivity contribution in [3.8, 4) is 0 Å². The van der Waals surface area contributed by atoms with Crippen molar-refractivity contribution in [2.45, 2.75) is 58.9 Å². The number of aryl methyl sites for hydroxylation is 2. The van der Waals surface area contributed by atoms with Gasteiger partial charge in [0.25, 0.3) is 5.91 Å². The zero-order valence-electron chi connectivity index (χ0n) is 15.0. The van der Waals surface area contributed by atoms with Crippen LogP contribution in [-0.4, -0.2) is 38.4 Å². The summed E-state index contributed by atoms with van der Waals surface area (Å²) in [6.45, 7) is 9.57. The van der Waals surface area contributed by atoms with Crippen LogP contribution in [0.3, 0.4) is 0 Å². The molecule has 1 aliphatic rings. The molecule has 1 atom stereocenters. The second kappa shape index (κ2) is 6.79. The van der Waals surface area contributed by atoms with Crippen molar-refractivity contribution in [3.63, 3.8) is 0 Å². The summed E-state index contributed by atoms with van der Waals surface area (Å²) in [7, 11) is 0. The van der Waals surface area contributed by atoms with Gasteiger partial charge in [-0.2, -0.15) is 0 Å². The lowest BCUT2D eigenvalue weighted by atomic mass is 9.96. The smallest absolute Gasteiger partial charge is 0.291 e. The van der Waals surface area contributed by atoms with Crippen molar-refractivity contribution in [3.05, 3.63) is 35.6 Å². The maximum atomic E-state index is 12.8. The number of nitrogens with zero attached hydrogens (tertiary/aromatic N) is 4. The maximum absolute atomic E-state index is 12.8. The van der Waals surface area contributed by atoms with E-state index in [0.717, 1.165) is 25.2 Å². The third-order valence-electron chi connectivity index (χ3n) is 4.67. The van der Waals surface area contributed by atoms with Gasteiger partial charge in [-0.1, -0.05) is 6.92 Å². The Labute approximate surface area is 142 Å². The van der Waals surface area contributed by atoms with Gasteiger partial charge in [0.05, 0.1) is 5.69 Å². The Bertz CT molecular complexity index is 716. The van der Waals surface area contributed by atoms with Gasteiger partial charge in [-0.3, -0.25) is 4.79 Å². The van der Waals surface area contributed by atoms with E-state index in [4.69, 9.17) is 4.42 Å². The Morgan fingerprint density at radius 1 is 1.46 bits per heavy atom. The highest BCUT2D eigenvalue weighted by molar-refractivity contribution is 5.92. The first-order chi connectivity index (χ1) is 11.5. The van der Waals surface area contributed by atoms with E-state index in [1.54, 1.807) is 0 Å². The molecule has 24 heavy (non-hydrogen) atoms. The summed E-state index contributed by atoms with van der Waals surface area (Å²) in [5.41, 5.74) is 0.683. The van der Waals surface area contributed by atoms with Crippen LogP contribution in [0.2, 0.25) is 0 Å². The van der Waals surface area contributed by atoms with Gasteiger partial charge < -0.3 is 13.9 Å². The summed E-state index contributed by atoms with van der Waals surface area (Å²) in [5.74, 6) is 2.31. The molecular weight excluding hydrogens is 304 g/mol. The molecule has 0 radical (unpaired) electrons. The Morgan fingerprint density at radius 3 is 2.92 bits per heavy atom. The Hall–Kier alpha value is -2.11. The molecule has 1 fully saturated rings. The van der Waals surface area contributed by atoms with Crippen LogP contribution in [0.4, 0.5) is 0 Å². The van der Waals surface area contributed by atoms with Crippen LogP contribution in [0.1, 0.15) is 73.5 Å². The van der Waals surface area contributed by atoms with E-state index in [0.29, 0.717) is 36.4 Å². The molecule has 6 heteroatoms. The second-order valence-electron chi connectivity index (χ2n) is 6.75. The molecule has 0 N–H and O–H groups in total. The fourth-order valence-corrected chi connectivity index (χ4v) is 3.40. The van der Waals surface area contributed by atoms with E-state index < -0.39 is 0 Å².